The van der Waals surface area contributed by atoms with Gasteiger partial charge in [-0.2, -0.15) is 0 Å². The monoisotopic (exact) mass is 282 g/mol. The molecule has 1 N–H and O–H groups in total. The quantitative estimate of drug-likeness (QED) is 0.833. The first kappa shape index (κ1) is 13.8. The second kappa shape index (κ2) is 6.50. The summed E-state index contributed by atoms with van der Waals surface area (Å²) in [4.78, 5) is 4.07. The number of aromatic nitrogens is 1. The van der Waals surface area contributed by atoms with Crippen molar-refractivity contribution in [2.45, 2.75) is 19.4 Å². The molecule has 0 fully saturated rings. The molecule has 0 aromatic carbocycles. The number of nitrogens with zero attached hydrogens (tertiary/aromatic N) is 1. The summed E-state index contributed by atoms with van der Waals surface area (Å²) in [5.41, 5.74) is 0. The number of nitrogens with one attached hydrogen (secondary N) is 1. The van der Waals surface area contributed by atoms with Crippen LogP contribution in [0.15, 0.2) is 6.07 Å². The zero-order chi connectivity index (χ0) is 12.1. The van der Waals surface area contributed by atoms with Crippen molar-refractivity contribution < 1.29 is 4.74 Å². The summed E-state index contributed by atoms with van der Waals surface area (Å²) >= 11 is 17.6. The molecule has 1 unspecified atom stereocenters. The molecular weight excluding hydrogens is 270 g/mol. The first-order valence-electron chi connectivity index (χ1n) is 4.81. The van der Waals surface area contributed by atoms with Crippen LogP contribution >= 0.6 is 34.8 Å². The fourth-order valence-electron chi connectivity index (χ4n) is 1.15. The number of hydrogen-bond acceptors (Lipinski definition) is 3. The van der Waals surface area contributed by atoms with E-state index in [1.54, 1.807) is 13.2 Å². The minimum atomic E-state index is 0.196. The van der Waals surface area contributed by atoms with Crippen molar-refractivity contribution in [3.63, 3.8) is 0 Å². The Hall–Kier alpha value is -0.220. The minimum Gasteiger partial charge on any atom is -0.385 e. The number of rotatable bonds is 5. The van der Waals surface area contributed by atoms with Crippen LogP contribution in [-0.4, -0.2) is 24.7 Å². The molecule has 1 heterocycles. The molecule has 1 aromatic heterocycles. The zero-order valence-electron chi connectivity index (χ0n) is 9.06. The summed E-state index contributed by atoms with van der Waals surface area (Å²) in [6.45, 7) is 2.69. The van der Waals surface area contributed by atoms with E-state index in [1.165, 1.54) is 0 Å². The fraction of sp³-hybridized carbons (Fsp3) is 0.500. The molecule has 1 atom stereocenters. The van der Waals surface area contributed by atoms with Crippen LogP contribution in [0.4, 0.5) is 5.82 Å². The topological polar surface area (TPSA) is 34.1 Å². The molecule has 0 radical (unpaired) electrons. The zero-order valence-corrected chi connectivity index (χ0v) is 11.3. The van der Waals surface area contributed by atoms with E-state index < -0.39 is 0 Å². The van der Waals surface area contributed by atoms with E-state index in [-0.39, 0.29) is 11.2 Å². The highest BCUT2D eigenvalue weighted by Gasteiger charge is 2.10. The van der Waals surface area contributed by atoms with Gasteiger partial charge in [0, 0.05) is 19.8 Å². The predicted molar refractivity (Wildman–Crippen MR) is 68.8 cm³/mol. The summed E-state index contributed by atoms with van der Waals surface area (Å²) in [6.07, 6.45) is 0.856. The van der Waals surface area contributed by atoms with Crippen LogP contribution in [0.2, 0.25) is 15.2 Å². The van der Waals surface area contributed by atoms with E-state index in [4.69, 9.17) is 39.5 Å². The van der Waals surface area contributed by atoms with Gasteiger partial charge in [-0.05, 0) is 19.4 Å². The summed E-state index contributed by atoms with van der Waals surface area (Å²) in [6, 6.07) is 1.77. The lowest BCUT2D eigenvalue weighted by molar-refractivity contribution is 0.191. The lowest BCUT2D eigenvalue weighted by Crippen LogP contribution is -2.18. The van der Waals surface area contributed by atoms with Crippen LogP contribution < -0.4 is 5.32 Å². The van der Waals surface area contributed by atoms with Gasteiger partial charge in [-0.1, -0.05) is 34.8 Å². The van der Waals surface area contributed by atoms with Crippen molar-refractivity contribution in [3.8, 4) is 0 Å². The van der Waals surface area contributed by atoms with Crippen molar-refractivity contribution in [2.75, 3.05) is 19.0 Å². The first-order valence-corrected chi connectivity index (χ1v) is 5.95. The maximum Gasteiger partial charge on any atom is 0.150 e. The van der Waals surface area contributed by atoms with Crippen LogP contribution in [0.1, 0.15) is 13.3 Å². The van der Waals surface area contributed by atoms with E-state index in [9.17, 15) is 0 Å². The summed E-state index contributed by atoms with van der Waals surface area (Å²) in [5, 5.41) is 4.20. The molecule has 90 valence electrons. The Bertz CT molecular complexity index is 360. The molecule has 1 aromatic rings. The molecular formula is C10H13Cl3N2O. The lowest BCUT2D eigenvalue weighted by atomic mass is 10.2. The van der Waals surface area contributed by atoms with Crippen molar-refractivity contribution in [3.05, 3.63) is 21.3 Å². The van der Waals surface area contributed by atoms with Gasteiger partial charge in [-0.25, -0.2) is 4.98 Å². The molecule has 0 amide bonds. The average Bonchev–Trinajstić information content (AvgIpc) is 2.23. The summed E-state index contributed by atoms with van der Waals surface area (Å²) < 4.78 is 4.98. The normalized spacial score (nSPS) is 12.6. The van der Waals surface area contributed by atoms with Crippen LogP contribution in [0.3, 0.4) is 0 Å². The molecule has 3 nitrogen and oxygen atoms in total. The number of ether oxygens (including phenoxy) is 1. The second-order valence-electron chi connectivity index (χ2n) is 3.42. The average molecular weight is 284 g/mol. The Morgan fingerprint density at radius 1 is 1.38 bits per heavy atom. The molecule has 16 heavy (non-hydrogen) atoms. The Balaban J connectivity index is 2.69. The highest BCUT2D eigenvalue weighted by Crippen LogP contribution is 2.29. The molecule has 0 spiro atoms. The van der Waals surface area contributed by atoms with Crippen LogP contribution in [0, 0.1) is 0 Å². The Labute approximate surface area is 110 Å². The number of methoxy groups -OCH3 is 1. The third kappa shape index (κ3) is 3.98. The van der Waals surface area contributed by atoms with Gasteiger partial charge in [0.2, 0.25) is 0 Å². The molecule has 0 saturated carbocycles. The van der Waals surface area contributed by atoms with Crippen LogP contribution in [0.5, 0.6) is 0 Å². The van der Waals surface area contributed by atoms with Gasteiger partial charge < -0.3 is 10.1 Å². The van der Waals surface area contributed by atoms with Gasteiger partial charge in [0.15, 0.2) is 0 Å². The largest absolute Gasteiger partial charge is 0.385 e. The standard InChI is InChI=1S/C10H13Cl3N2O/c1-6(3-4-16-2)14-10-8(12)5-7(11)9(13)15-10/h5-6H,3-4H2,1-2H3,(H,14,15). The molecule has 6 heteroatoms. The molecule has 0 aliphatic heterocycles. The molecule has 0 bridgehead atoms. The predicted octanol–water partition coefficient (Wildman–Crippen LogP) is 3.88. The highest BCUT2D eigenvalue weighted by atomic mass is 35.5. The van der Waals surface area contributed by atoms with Gasteiger partial charge in [0.05, 0.1) is 10.0 Å². The van der Waals surface area contributed by atoms with Crippen LogP contribution in [0.25, 0.3) is 0 Å². The number of hydrogen-bond donors (Lipinski definition) is 1. The maximum atomic E-state index is 5.98. The van der Waals surface area contributed by atoms with E-state index in [0.29, 0.717) is 22.5 Å². The lowest BCUT2D eigenvalue weighted by Gasteiger charge is -2.15. The van der Waals surface area contributed by atoms with Gasteiger partial charge in [0.25, 0.3) is 0 Å². The number of anilines is 1. The van der Waals surface area contributed by atoms with Crippen molar-refractivity contribution in [1.82, 2.24) is 4.98 Å². The van der Waals surface area contributed by atoms with E-state index in [1.807, 2.05) is 6.92 Å². The summed E-state index contributed by atoms with van der Waals surface area (Å²) in [7, 11) is 1.66. The molecule has 0 aliphatic carbocycles. The molecule has 1 rings (SSSR count). The van der Waals surface area contributed by atoms with Gasteiger partial charge in [0.1, 0.15) is 11.0 Å². The van der Waals surface area contributed by atoms with E-state index >= 15 is 0 Å². The van der Waals surface area contributed by atoms with E-state index in [0.717, 1.165) is 6.42 Å². The van der Waals surface area contributed by atoms with Gasteiger partial charge in [-0.15, -0.1) is 0 Å². The van der Waals surface area contributed by atoms with Gasteiger partial charge >= 0.3 is 0 Å². The van der Waals surface area contributed by atoms with Crippen LogP contribution in [-0.2, 0) is 4.74 Å². The smallest absolute Gasteiger partial charge is 0.150 e. The van der Waals surface area contributed by atoms with E-state index in [2.05, 4.69) is 10.3 Å². The van der Waals surface area contributed by atoms with Gasteiger partial charge in [-0.3, -0.25) is 0 Å². The Morgan fingerprint density at radius 3 is 2.69 bits per heavy atom. The third-order valence-electron chi connectivity index (χ3n) is 2.02. The molecule has 0 aliphatic rings. The number of pyridine rings is 1. The van der Waals surface area contributed by atoms with Crippen molar-refractivity contribution in [2.24, 2.45) is 0 Å². The first-order chi connectivity index (χ1) is 7.54. The van der Waals surface area contributed by atoms with Crippen molar-refractivity contribution >= 4 is 40.6 Å². The molecule has 0 saturated heterocycles. The highest BCUT2D eigenvalue weighted by molar-refractivity contribution is 6.42. The Morgan fingerprint density at radius 2 is 2.06 bits per heavy atom. The SMILES string of the molecule is COCCC(C)Nc1nc(Cl)c(Cl)cc1Cl. The third-order valence-corrected chi connectivity index (χ3v) is 2.99. The number of halogens is 3. The summed E-state index contributed by atoms with van der Waals surface area (Å²) in [5.74, 6) is 0.541. The maximum absolute atomic E-state index is 5.98. The van der Waals surface area contributed by atoms with Crippen molar-refractivity contribution in [1.29, 1.82) is 0 Å². The Kier molecular flexibility index (Phi) is 5.62. The minimum absolute atomic E-state index is 0.196. The fourth-order valence-corrected chi connectivity index (χ4v) is 1.70. The second-order valence-corrected chi connectivity index (χ2v) is 4.59.